The molecule has 0 atom stereocenters. The lowest BCUT2D eigenvalue weighted by Crippen LogP contribution is -2.19. The maximum atomic E-state index is 12.9. The molecule has 7 heteroatoms. The highest BCUT2D eigenvalue weighted by Gasteiger charge is 2.24. The Kier molecular flexibility index (Phi) is 3.98. The smallest absolute Gasteiger partial charge is 0.347 e. The van der Waals surface area contributed by atoms with Gasteiger partial charge in [0.2, 0.25) is 0 Å². The second-order valence-corrected chi connectivity index (χ2v) is 5.32. The lowest BCUT2D eigenvalue weighted by Gasteiger charge is -2.09. The zero-order chi connectivity index (χ0) is 18.1. The molecule has 0 bridgehead atoms. The van der Waals surface area contributed by atoms with Crippen molar-refractivity contribution < 1.29 is 18.9 Å². The summed E-state index contributed by atoms with van der Waals surface area (Å²) in [6.07, 6.45) is 0. The minimum atomic E-state index is -0.892. The number of nitrogens with zero attached hydrogens (tertiary/aromatic N) is 1. The number of hydrogen-bond acceptors (Lipinski definition) is 6. The van der Waals surface area contributed by atoms with E-state index in [1.807, 2.05) is 0 Å². The fourth-order valence-electron chi connectivity index (χ4n) is 2.58. The molecule has 0 amide bonds. The van der Waals surface area contributed by atoms with Gasteiger partial charge in [-0.2, -0.15) is 0 Å². The first-order valence-corrected chi connectivity index (χ1v) is 7.26. The zero-order valence-electron chi connectivity index (χ0n) is 13.0. The van der Waals surface area contributed by atoms with Crippen LogP contribution in [0.25, 0.3) is 11.0 Å². The third-order valence-electron chi connectivity index (χ3n) is 3.73. The van der Waals surface area contributed by atoms with Crippen molar-refractivity contribution in [2.45, 2.75) is 6.92 Å². The molecule has 0 aliphatic heterocycles. The van der Waals surface area contributed by atoms with Crippen LogP contribution in [0.15, 0.2) is 57.7 Å². The van der Waals surface area contributed by atoms with Crippen LogP contribution >= 0.6 is 0 Å². The third-order valence-corrected chi connectivity index (χ3v) is 3.73. The summed E-state index contributed by atoms with van der Waals surface area (Å²) in [6.45, 7) is 1.17. The Bertz CT molecular complexity index is 1080. The van der Waals surface area contributed by atoms with Crippen LogP contribution in [0, 0.1) is 10.1 Å². The van der Waals surface area contributed by atoms with Crippen LogP contribution in [0.4, 0.5) is 5.69 Å². The van der Waals surface area contributed by atoms with E-state index in [2.05, 4.69) is 0 Å². The quantitative estimate of drug-likeness (QED) is 0.313. The Balaban J connectivity index is 2.27. The predicted octanol–water partition coefficient (Wildman–Crippen LogP) is 3.13. The number of hydrogen-bond donors (Lipinski definition) is 0. The second-order valence-electron chi connectivity index (χ2n) is 5.32. The minimum Gasteiger partial charge on any atom is -0.422 e. The lowest BCUT2D eigenvalue weighted by molar-refractivity contribution is -0.384. The average molecular weight is 337 g/mol. The molecule has 3 rings (SSSR count). The molecule has 0 spiro atoms. The van der Waals surface area contributed by atoms with Crippen molar-refractivity contribution in [1.82, 2.24) is 0 Å². The standard InChI is InChI=1S/C18H11NO6/c1-10(20)15-16(13-4-2-3-5-14(13)25-18(15)22)17(21)11-6-8-12(9-7-11)19(23)24/h2-9H,1H3. The third kappa shape index (κ3) is 2.83. The summed E-state index contributed by atoms with van der Waals surface area (Å²) in [4.78, 5) is 47.1. The van der Waals surface area contributed by atoms with Crippen LogP contribution in [-0.2, 0) is 0 Å². The first kappa shape index (κ1) is 16.3. The number of rotatable bonds is 4. The lowest BCUT2D eigenvalue weighted by atomic mass is 9.94. The van der Waals surface area contributed by atoms with E-state index in [1.54, 1.807) is 18.2 Å². The molecule has 0 saturated carbocycles. The van der Waals surface area contributed by atoms with Crippen molar-refractivity contribution in [3.63, 3.8) is 0 Å². The summed E-state index contributed by atoms with van der Waals surface area (Å²) in [7, 11) is 0. The van der Waals surface area contributed by atoms with E-state index in [0.717, 1.165) is 0 Å². The topological polar surface area (TPSA) is 107 Å². The molecule has 7 nitrogen and oxygen atoms in total. The van der Waals surface area contributed by atoms with Gasteiger partial charge >= 0.3 is 5.63 Å². The van der Waals surface area contributed by atoms with E-state index in [1.165, 1.54) is 37.3 Å². The number of ketones is 2. The largest absolute Gasteiger partial charge is 0.422 e. The van der Waals surface area contributed by atoms with Gasteiger partial charge in [-0.15, -0.1) is 0 Å². The number of fused-ring (bicyclic) bond motifs is 1. The number of non-ortho nitro benzene ring substituents is 1. The van der Waals surface area contributed by atoms with Gasteiger partial charge in [0.15, 0.2) is 11.6 Å². The van der Waals surface area contributed by atoms with E-state index in [-0.39, 0.29) is 28.0 Å². The molecule has 3 aromatic rings. The van der Waals surface area contributed by atoms with Crippen molar-refractivity contribution >= 4 is 28.2 Å². The maximum absolute atomic E-state index is 12.9. The molecule has 0 unspecified atom stereocenters. The van der Waals surface area contributed by atoms with Crippen molar-refractivity contribution in [2.75, 3.05) is 0 Å². The Morgan fingerprint density at radius 2 is 1.64 bits per heavy atom. The first-order chi connectivity index (χ1) is 11.9. The number of carbonyl (C=O) groups is 2. The Morgan fingerprint density at radius 3 is 2.24 bits per heavy atom. The normalized spacial score (nSPS) is 10.6. The second kappa shape index (κ2) is 6.12. The molecule has 0 fully saturated rings. The van der Waals surface area contributed by atoms with Gasteiger partial charge in [0, 0.05) is 23.1 Å². The molecule has 0 N–H and O–H groups in total. The summed E-state index contributed by atoms with van der Waals surface area (Å²) < 4.78 is 5.11. The summed E-state index contributed by atoms with van der Waals surface area (Å²) in [5.74, 6) is -1.17. The van der Waals surface area contributed by atoms with Crippen LogP contribution in [0.1, 0.15) is 33.2 Å². The van der Waals surface area contributed by atoms with Gasteiger partial charge in [0.1, 0.15) is 11.1 Å². The van der Waals surface area contributed by atoms with Crippen LogP contribution in [0.3, 0.4) is 0 Å². The number of benzene rings is 2. The highest BCUT2D eigenvalue weighted by molar-refractivity contribution is 6.21. The van der Waals surface area contributed by atoms with E-state index in [9.17, 15) is 24.5 Å². The van der Waals surface area contributed by atoms with Gasteiger partial charge in [0.05, 0.1) is 10.5 Å². The molecular formula is C18H11NO6. The van der Waals surface area contributed by atoms with Crippen molar-refractivity contribution in [3.05, 3.63) is 85.8 Å². The molecule has 0 aliphatic carbocycles. The van der Waals surface area contributed by atoms with Crippen molar-refractivity contribution in [3.8, 4) is 0 Å². The summed E-state index contributed by atoms with van der Waals surface area (Å²) in [6, 6.07) is 11.3. The fourth-order valence-corrected chi connectivity index (χ4v) is 2.58. The Labute approximate surface area is 140 Å². The number of nitro benzene ring substituents is 1. The SMILES string of the molecule is CC(=O)c1c(C(=O)c2ccc([N+](=O)[O-])cc2)c2ccccc2oc1=O. The minimum absolute atomic E-state index is 0.0618. The average Bonchev–Trinajstić information content (AvgIpc) is 2.59. The van der Waals surface area contributed by atoms with Gasteiger partial charge in [-0.3, -0.25) is 19.7 Å². The van der Waals surface area contributed by atoms with E-state index in [0.29, 0.717) is 5.39 Å². The first-order valence-electron chi connectivity index (χ1n) is 7.26. The monoisotopic (exact) mass is 337 g/mol. The summed E-state index contributed by atoms with van der Waals surface area (Å²) >= 11 is 0. The highest BCUT2D eigenvalue weighted by atomic mass is 16.6. The van der Waals surface area contributed by atoms with Gasteiger partial charge in [-0.1, -0.05) is 18.2 Å². The van der Waals surface area contributed by atoms with Gasteiger partial charge < -0.3 is 4.42 Å². The van der Waals surface area contributed by atoms with E-state index < -0.39 is 22.1 Å². The molecule has 124 valence electrons. The highest BCUT2D eigenvalue weighted by Crippen LogP contribution is 2.24. The van der Waals surface area contributed by atoms with E-state index in [4.69, 9.17) is 4.42 Å². The Hall–Kier alpha value is -3.61. The molecule has 0 radical (unpaired) electrons. The number of carbonyl (C=O) groups excluding carboxylic acids is 2. The van der Waals surface area contributed by atoms with Crippen LogP contribution in [-0.4, -0.2) is 16.5 Å². The van der Waals surface area contributed by atoms with Crippen LogP contribution < -0.4 is 5.63 Å². The number of nitro groups is 1. The van der Waals surface area contributed by atoms with Crippen molar-refractivity contribution in [2.24, 2.45) is 0 Å². The van der Waals surface area contributed by atoms with Crippen LogP contribution in [0.2, 0.25) is 0 Å². The number of para-hydroxylation sites is 1. The van der Waals surface area contributed by atoms with Gasteiger partial charge in [-0.25, -0.2) is 4.79 Å². The maximum Gasteiger partial charge on any atom is 0.347 e. The van der Waals surface area contributed by atoms with Crippen LogP contribution in [0.5, 0.6) is 0 Å². The van der Waals surface area contributed by atoms with Gasteiger partial charge in [-0.05, 0) is 25.1 Å². The van der Waals surface area contributed by atoms with E-state index >= 15 is 0 Å². The number of Topliss-reactive ketones (excluding diaryl/α,β-unsaturated/α-hetero) is 1. The molecule has 1 aromatic heterocycles. The van der Waals surface area contributed by atoms with Gasteiger partial charge in [0.25, 0.3) is 5.69 Å². The summed E-state index contributed by atoms with van der Waals surface area (Å²) in [5, 5.41) is 11.1. The zero-order valence-corrected chi connectivity index (χ0v) is 13.0. The fraction of sp³-hybridized carbons (Fsp3) is 0.0556. The van der Waals surface area contributed by atoms with Crippen molar-refractivity contribution in [1.29, 1.82) is 0 Å². The molecule has 0 saturated heterocycles. The Morgan fingerprint density at radius 1 is 1.00 bits per heavy atom. The molecule has 1 heterocycles. The molecule has 0 aliphatic rings. The molecular weight excluding hydrogens is 326 g/mol. The molecule has 25 heavy (non-hydrogen) atoms. The molecule has 2 aromatic carbocycles. The summed E-state index contributed by atoms with van der Waals surface area (Å²) in [5.41, 5.74) is -1.14. The predicted molar refractivity (Wildman–Crippen MR) is 89.0 cm³/mol.